The first-order valence-electron chi connectivity index (χ1n) is 5.29. The SMILES string of the molecule is S[C@H]1CC[C@@H](c2cc(Cl)cc(Cl)c2)CC1. The highest BCUT2D eigenvalue weighted by Gasteiger charge is 2.20. The monoisotopic (exact) mass is 260 g/mol. The Balaban J connectivity index is 2.15. The highest BCUT2D eigenvalue weighted by molar-refractivity contribution is 7.80. The minimum atomic E-state index is 0.580. The molecule has 1 aliphatic rings. The molecule has 0 unspecified atom stereocenters. The van der Waals surface area contributed by atoms with E-state index < -0.39 is 0 Å². The van der Waals surface area contributed by atoms with Crippen LogP contribution in [0, 0.1) is 0 Å². The Morgan fingerprint density at radius 2 is 1.47 bits per heavy atom. The van der Waals surface area contributed by atoms with E-state index in [-0.39, 0.29) is 0 Å². The lowest BCUT2D eigenvalue weighted by atomic mass is 9.84. The minimum absolute atomic E-state index is 0.580. The van der Waals surface area contributed by atoms with Crippen LogP contribution >= 0.6 is 35.8 Å². The van der Waals surface area contributed by atoms with E-state index >= 15 is 0 Å². The van der Waals surface area contributed by atoms with Gasteiger partial charge < -0.3 is 0 Å². The number of benzene rings is 1. The van der Waals surface area contributed by atoms with E-state index in [0.717, 1.165) is 10.0 Å². The van der Waals surface area contributed by atoms with Gasteiger partial charge in [0.1, 0.15) is 0 Å². The van der Waals surface area contributed by atoms with E-state index in [4.69, 9.17) is 23.2 Å². The molecular formula is C12H14Cl2S. The summed E-state index contributed by atoms with van der Waals surface area (Å²) in [4.78, 5) is 0. The normalized spacial score (nSPS) is 26.6. The standard InChI is InChI=1S/C12H14Cl2S/c13-10-5-9(6-11(14)7-10)8-1-3-12(15)4-2-8/h5-8,12,15H,1-4H2/t8-,12+. The number of thiol groups is 1. The molecule has 0 aliphatic heterocycles. The first kappa shape index (κ1) is 11.6. The summed E-state index contributed by atoms with van der Waals surface area (Å²) in [6, 6.07) is 5.87. The molecule has 0 spiro atoms. The Morgan fingerprint density at radius 3 is 2.00 bits per heavy atom. The highest BCUT2D eigenvalue weighted by atomic mass is 35.5. The maximum atomic E-state index is 6.00. The Bertz CT molecular complexity index is 323. The van der Waals surface area contributed by atoms with Crippen LogP contribution in [0.25, 0.3) is 0 Å². The fourth-order valence-electron chi connectivity index (χ4n) is 2.22. The average Bonchev–Trinajstić information content (AvgIpc) is 2.17. The van der Waals surface area contributed by atoms with Crippen molar-refractivity contribution < 1.29 is 0 Å². The molecule has 1 saturated carbocycles. The fourth-order valence-corrected chi connectivity index (χ4v) is 3.06. The zero-order valence-corrected chi connectivity index (χ0v) is 10.8. The topological polar surface area (TPSA) is 0 Å². The zero-order valence-electron chi connectivity index (χ0n) is 8.42. The van der Waals surface area contributed by atoms with Gasteiger partial charge in [0, 0.05) is 15.3 Å². The largest absolute Gasteiger partial charge is 0.176 e. The summed E-state index contributed by atoms with van der Waals surface area (Å²) in [5.74, 6) is 0.615. The molecule has 0 N–H and O–H groups in total. The lowest BCUT2D eigenvalue weighted by Gasteiger charge is -2.26. The molecule has 3 heteroatoms. The number of rotatable bonds is 1. The molecule has 0 bridgehead atoms. The van der Waals surface area contributed by atoms with Crippen molar-refractivity contribution in [2.45, 2.75) is 36.9 Å². The van der Waals surface area contributed by atoms with E-state index in [9.17, 15) is 0 Å². The summed E-state index contributed by atoms with van der Waals surface area (Å²) in [7, 11) is 0. The van der Waals surface area contributed by atoms with Gasteiger partial charge in [0.25, 0.3) is 0 Å². The molecule has 82 valence electrons. The maximum Gasteiger partial charge on any atom is 0.0423 e. The third-order valence-electron chi connectivity index (χ3n) is 3.05. The quantitative estimate of drug-likeness (QED) is 0.679. The van der Waals surface area contributed by atoms with Crippen molar-refractivity contribution in [2.24, 2.45) is 0 Å². The zero-order chi connectivity index (χ0) is 10.8. The fraction of sp³-hybridized carbons (Fsp3) is 0.500. The Hall–Kier alpha value is 0.150. The molecular weight excluding hydrogens is 247 g/mol. The summed E-state index contributed by atoms with van der Waals surface area (Å²) >= 11 is 16.5. The predicted molar refractivity (Wildman–Crippen MR) is 70.4 cm³/mol. The second kappa shape index (κ2) is 4.99. The molecule has 1 aromatic carbocycles. The van der Waals surface area contributed by atoms with E-state index in [0.29, 0.717) is 11.2 Å². The van der Waals surface area contributed by atoms with E-state index in [2.05, 4.69) is 12.6 Å². The van der Waals surface area contributed by atoms with Crippen molar-refractivity contribution >= 4 is 35.8 Å². The van der Waals surface area contributed by atoms with Crippen LogP contribution in [-0.4, -0.2) is 5.25 Å². The molecule has 0 aromatic heterocycles. The molecule has 1 fully saturated rings. The van der Waals surface area contributed by atoms with Gasteiger partial charge in [-0.2, -0.15) is 12.6 Å². The van der Waals surface area contributed by atoms with Gasteiger partial charge in [0.2, 0.25) is 0 Å². The second-order valence-electron chi connectivity index (χ2n) is 4.21. The molecule has 0 atom stereocenters. The maximum absolute atomic E-state index is 6.00. The van der Waals surface area contributed by atoms with Crippen molar-refractivity contribution in [3.63, 3.8) is 0 Å². The summed E-state index contributed by atoms with van der Waals surface area (Å²) < 4.78 is 0. The van der Waals surface area contributed by atoms with E-state index in [1.165, 1.54) is 31.2 Å². The molecule has 0 saturated heterocycles. The lowest BCUT2D eigenvalue weighted by Crippen LogP contribution is -2.12. The van der Waals surface area contributed by atoms with Gasteiger partial charge in [-0.05, 0) is 55.4 Å². The number of hydrogen-bond donors (Lipinski definition) is 1. The van der Waals surface area contributed by atoms with Crippen molar-refractivity contribution in [1.29, 1.82) is 0 Å². The molecule has 0 radical (unpaired) electrons. The van der Waals surface area contributed by atoms with Crippen molar-refractivity contribution in [1.82, 2.24) is 0 Å². The van der Waals surface area contributed by atoms with Crippen LogP contribution in [0.2, 0.25) is 10.0 Å². The van der Waals surface area contributed by atoms with E-state index in [1.54, 1.807) is 6.07 Å². The van der Waals surface area contributed by atoms with Crippen molar-refractivity contribution in [3.05, 3.63) is 33.8 Å². The van der Waals surface area contributed by atoms with Gasteiger partial charge in [-0.3, -0.25) is 0 Å². The van der Waals surface area contributed by atoms with Gasteiger partial charge in [-0.25, -0.2) is 0 Å². The van der Waals surface area contributed by atoms with Gasteiger partial charge in [-0.1, -0.05) is 23.2 Å². The van der Waals surface area contributed by atoms with Crippen LogP contribution in [-0.2, 0) is 0 Å². The average molecular weight is 261 g/mol. The highest BCUT2D eigenvalue weighted by Crippen LogP contribution is 2.36. The minimum Gasteiger partial charge on any atom is -0.176 e. The van der Waals surface area contributed by atoms with Crippen LogP contribution in [0.3, 0.4) is 0 Å². The van der Waals surface area contributed by atoms with Gasteiger partial charge in [0.15, 0.2) is 0 Å². The summed E-state index contributed by atoms with van der Waals surface area (Å²) in [6.07, 6.45) is 4.78. The van der Waals surface area contributed by atoms with Crippen LogP contribution in [0.5, 0.6) is 0 Å². The second-order valence-corrected chi connectivity index (χ2v) is 5.81. The van der Waals surface area contributed by atoms with Gasteiger partial charge in [0.05, 0.1) is 0 Å². The predicted octanol–water partition coefficient (Wildman–Crippen LogP) is 4.95. The lowest BCUT2D eigenvalue weighted by molar-refractivity contribution is 0.455. The molecule has 2 rings (SSSR count). The Labute approximate surface area is 106 Å². The number of halogens is 2. The first-order chi connectivity index (χ1) is 7.15. The van der Waals surface area contributed by atoms with Crippen LogP contribution in [0.1, 0.15) is 37.2 Å². The third kappa shape index (κ3) is 3.05. The van der Waals surface area contributed by atoms with Crippen molar-refractivity contribution in [3.8, 4) is 0 Å². The molecule has 1 aliphatic carbocycles. The van der Waals surface area contributed by atoms with Gasteiger partial charge >= 0.3 is 0 Å². The third-order valence-corrected chi connectivity index (χ3v) is 4.01. The van der Waals surface area contributed by atoms with Crippen LogP contribution < -0.4 is 0 Å². The molecule has 0 heterocycles. The summed E-state index contributed by atoms with van der Waals surface area (Å²) in [6.45, 7) is 0. The van der Waals surface area contributed by atoms with E-state index in [1.807, 2.05) is 12.1 Å². The Kier molecular flexibility index (Phi) is 3.87. The molecule has 15 heavy (non-hydrogen) atoms. The van der Waals surface area contributed by atoms with Crippen molar-refractivity contribution in [2.75, 3.05) is 0 Å². The molecule has 0 nitrogen and oxygen atoms in total. The Morgan fingerprint density at radius 1 is 0.933 bits per heavy atom. The summed E-state index contributed by atoms with van der Waals surface area (Å²) in [5.41, 5.74) is 1.28. The number of hydrogen-bond acceptors (Lipinski definition) is 1. The van der Waals surface area contributed by atoms with Crippen LogP contribution in [0.4, 0.5) is 0 Å². The van der Waals surface area contributed by atoms with Gasteiger partial charge in [-0.15, -0.1) is 0 Å². The molecule has 0 amide bonds. The summed E-state index contributed by atoms with van der Waals surface area (Å²) in [5, 5.41) is 2.06. The molecule has 1 aromatic rings. The first-order valence-corrected chi connectivity index (χ1v) is 6.56. The smallest absolute Gasteiger partial charge is 0.0423 e. The van der Waals surface area contributed by atoms with Crippen LogP contribution in [0.15, 0.2) is 18.2 Å².